The Labute approximate surface area is 165 Å². The molecule has 0 fully saturated rings. The van der Waals surface area contributed by atoms with E-state index >= 15 is 0 Å². The van der Waals surface area contributed by atoms with Crippen LogP contribution in [0, 0.1) is 0 Å². The predicted octanol–water partition coefficient (Wildman–Crippen LogP) is 4.28. The first-order valence-corrected chi connectivity index (χ1v) is 9.16. The van der Waals surface area contributed by atoms with E-state index in [4.69, 9.17) is 4.74 Å². The van der Waals surface area contributed by atoms with E-state index in [1.807, 2.05) is 6.92 Å². The molecule has 0 bridgehead atoms. The third-order valence-electron chi connectivity index (χ3n) is 4.95. The number of esters is 1. The summed E-state index contributed by atoms with van der Waals surface area (Å²) in [6.07, 6.45) is -2.37. The summed E-state index contributed by atoms with van der Waals surface area (Å²) in [6, 6.07) is 6.64. The van der Waals surface area contributed by atoms with Gasteiger partial charge in [0.25, 0.3) is 5.56 Å². The average molecular weight is 406 g/mol. The van der Waals surface area contributed by atoms with Crippen LogP contribution >= 0.6 is 0 Å². The fourth-order valence-corrected chi connectivity index (χ4v) is 3.73. The molecule has 0 spiro atoms. The number of pyridine rings is 1. The van der Waals surface area contributed by atoms with Crippen molar-refractivity contribution in [3.8, 4) is 0 Å². The van der Waals surface area contributed by atoms with Gasteiger partial charge in [0.2, 0.25) is 0 Å². The Kier molecular flexibility index (Phi) is 5.55. The summed E-state index contributed by atoms with van der Waals surface area (Å²) < 4.78 is 47.6. The van der Waals surface area contributed by atoms with E-state index in [-0.39, 0.29) is 16.7 Å². The van der Waals surface area contributed by atoms with Crippen LogP contribution in [0.2, 0.25) is 0 Å². The second-order valence-electron chi connectivity index (χ2n) is 6.81. The molecule has 1 aliphatic heterocycles. The summed E-state index contributed by atoms with van der Waals surface area (Å²) in [5.74, 6) is -1.98. The number of nitrogens with one attached hydrogen (secondary N) is 1. The van der Waals surface area contributed by atoms with E-state index in [1.165, 1.54) is 22.8 Å². The van der Waals surface area contributed by atoms with Gasteiger partial charge in [0.1, 0.15) is 0 Å². The van der Waals surface area contributed by atoms with E-state index in [0.29, 0.717) is 24.4 Å². The molecule has 0 amide bonds. The molecule has 29 heavy (non-hydrogen) atoms. The number of nitrogens with zero attached hydrogens (tertiary/aromatic N) is 1. The van der Waals surface area contributed by atoms with E-state index in [2.05, 4.69) is 5.32 Å². The maximum atomic E-state index is 13.8. The lowest BCUT2D eigenvalue weighted by molar-refractivity contribution is -0.139. The molecule has 2 heterocycles. The summed E-state index contributed by atoms with van der Waals surface area (Å²) in [5.41, 5.74) is -0.668. The molecule has 3 rings (SSSR count). The van der Waals surface area contributed by atoms with Crippen molar-refractivity contribution in [2.24, 2.45) is 0 Å². The number of aromatic nitrogens is 1. The molecule has 1 aromatic heterocycles. The Balaban J connectivity index is 2.38. The minimum atomic E-state index is -4.64. The molecule has 1 unspecified atom stereocenters. The number of benzene rings is 1. The van der Waals surface area contributed by atoms with Crippen molar-refractivity contribution < 1.29 is 22.7 Å². The van der Waals surface area contributed by atoms with Crippen LogP contribution < -0.4 is 10.9 Å². The third-order valence-corrected chi connectivity index (χ3v) is 4.95. The summed E-state index contributed by atoms with van der Waals surface area (Å²) in [5, 5.41) is 2.98. The Morgan fingerprint density at radius 2 is 1.93 bits per heavy atom. The smallest absolute Gasteiger partial charge is 0.416 e. The van der Waals surface area contributed by atoms with Gasteiger partial charge in [0, 0.05) is 24.1 Å². The number of halogens is 3. The van der Waals surface area contributed by atoms with E-state index in [9.17, 15) is 22.8 Å². The number of carbonyl (C=O) groups excluding carboxylic acids is 1. The van der Waals surface area contributed by atoms with Crippen LogP contribution in [0.3, 0.4) is 0 Å². The number of fused-ring (bicyclic) bond motifs is 1. The third kappa shape index (κ3) is 3.66. The average Bonchev–Trinajstić information content (AvgIpc) is 2.68. The zero-order valence-electron chi connectivity index (χ0n) is 16.3. The standard InChI is InChI=1S/C21H21F3N2O3/c1-4-10-26-11-9-15-18(19(26)27)17(16(12(2)25-15)20(28)29-3)13-7-5-6-8-14(13)21(22,23)24/h5-9,11,17,25H,4,10H2,1-3H3. The highest BCUT2D eigenvalue weighted by Gasteiger charge is 2.41. The molecule has 0 aliphatic carbocycles. The molecule has 5 nitrogen and oxygen atoms in total. The van der Waals surface area contributed by atoms with Gasteiger partial charge >= 0.3 is 12.1 Å². The second kappa shape index (κ2) is 7.77. The Bertz CT molecular complexity index is 1040. The number of hydrogen-bond acceptors (Lipinski definition) is 4. The molecule has 1 aliphatic rings. The van der Waals surface area contributed by atoms with Gasteiger partial charge in [-0.05, 0) is 31.0 Å². The quantitative estimate of drug-likeness (QED) is 0.770. The van der Waals surface area contributed by atoms with Crippen molar-refractivity contribution >= 4 is 11.7 Å². The van der Waals surface area contributed by atoms with Gasteiger partial charge in [0.05, 0.1) is 29.7 Å². The first-order valence-electron chi connectivity index (χ1n) is 9.16. The fourth-order valence-electron chi connectivity index (χ4n) is 3.73. The van der Waals surface area contributed by atoms with Gasteiger partial charge < -0.3 is 14.6 Å². The lowest BCUT2D eigenvalue weighted by Crippen LogP contribution is -2.33. The highest BCUT2D eigenvalue weighted by Crippen LogP contribution is 2.44. The van der Waals surface area contributed by atoms with E-state index in [0.717, 1.165) is 13.2 Å². The van der Waals surface area contributed by atoms with Gasteiger partial charge in [0.15, 0.2) is 0 Å². The molecule has 0 saturated carbocycles. The van der Waals surface area contributed by atoms with Crippen LogP contribution in [0.25, 0.3) is 0 Å². The number of alkyl halides is 3. The first kappa shape index (κ1) is 20.7. The molecule has 1 atom stereocenters. The summed E-state index contributed by atoms with van der Waals surface area (Å²) >= 11 is 0. The molecule has 1 N–H and O–H groups in total. The number of aryl methyl sites for hydroxylation is 1. The summed E-state index contributed by atoms with van der Waals surface area (Å²) in [4.78, 5) is 25.7. The largest absolute Gasteiger partial charge is 0.466 e. The number of allylic oxidation sites excluding steroid dienone is 1. The SMILES string of the molecule is CCCn1ccc2c(c1=O)C(c1ccccc1C(F)(F)F)C(C(=O)OC)=C(C)N2. The van der Waals surface area contributed by atoms with Crippen LogP contribution in [-0.2, 0) is 22.3 Å². The van der Waals surface area contributed by atoms with Gasteiger partial charge in [-0.3, -0.25) is 4.79 Å². The molecule has 2 aromatic rings. The molecule has 0 saturated heterocycles. The van der Waals surface area contributed by atoms with Crippen molar-refractivity contribution in [3.63, 3.8) is 0 Å². The topological polar surface area (TPSA) is 60.3 Å². The monoisotopic (exact) mass is 406 g/mol. The van der Waals surface area contributed by atoms with Crippen molar-refractivity contribution in [2.45, 2.75) is 38.9 Å². The lowest BCUT2D eigenvalue weighted by atomic mass is 9.79. The van der Waals surface area contributed by atoms with E-state index in [1.54, 1.807) is 19.2 Å². The maximum Gasteiger partial charge on any atom is 0.416 e. The van der Waals surface area contributed by atoms with Crippen molar-refractivity contribution in [3.05, 3.63) is 74.8 Å². The number of methoxy groups -OCH3 is 1. The molecule has 8 heteroatoms. The maximum absolute atomic E-state index is 13.8. The second-order valence-corrected chi connectivity index (χ2v) is 6.81. The zero-order valence-corrected chi connectivity index (χ0v) is 16.3. The first-order chi connectivity index (χ1) is 13.7. The highest BCUT2D eigenvalue weighted by atomic mass is 19.4. The molecular formula is C21H21F3N2O3. The summed E-state index contributed by atoms with van der Waals surface area (Å²) in [6.45, 7) is 3.89. The molecular weight excluding hydrogens is 385 g/mol. The van der Waals surface area contributed by atoms with Crippen LogP contribution in [0.5, 0.6) is 0 Å². The van der Waals surface area contributed by atoms with Crippen molar-refractivity contribution in [2.75, 3.05) is 12.4 Å². The fraction of sp³-hybridized carbons (Fsp3) is 0.333. The van der Waals surface area contributed by atoms with Crippen molar-refractivity contribution in [1.82, 2.24) is 4.57 Å². The minimum Gasteiger partial charge on any atom is -0.466 e. The lowest BCUT2D eigenvalue weighted by Gasteiger charge is -2.31. The van der Waals surface area contributed by atoms with Crippen LogP contribution in [0.1, 0.15) is 42.9 Å². The van der Waals surface area contributed by atoms with Gasteiger partial charge in [-0.25, -0.2) is 4.79 Å². The number of ether oxygens (including phenoxy) is 1. The van der Waals surface area contributed by atoms with Crippen LogP contribution in [0.4, 0.5) is 18.9 Å². The van der Waals surface area contributed by atoms with Crippen LogP contribution in [-0.4, -0.2) is 17.6 Å². The van der Waals surface area contributed by atoms with Crippen LogP contribution in [0.15, 0.2) is 52.6 Å². The minimum absolute atomic E-state index is 0.0111. The normalized spacial score (nSPS) is 16.3. The van der Waals surface area contributed by atoms with Gasteiger partial charge in [-0.1, -0.05) is 25.1 Å². The highest BCUT2D eigenvalue weighted by molar-refractivity contribution is 5.94. The molecule has 1 aromatic carbocycles. The number of hydrogen-bond donors (Lipinski definition) is 1. The molecule has 154 valence electrons. The summed E-state index contributed by atoms with van der Waals surface area (Å²) in [7, 11) is 1.16. The number of anilines is 1. The Morgan fingerprint density at radius 1 is 1.24 bits per heavy atom. The van der Waals surface area contributed by atoms with Gasteiger partial charge in [-0.15, -0.1) is 0 Å². The zero-order chi connectivity index (χ0) is 21.3. The van der Waals surface area contributed by atoms with E-state index < -0.39 is 29.2 Å². The number of rotatable bonds is 4. The molecule has 0 radical (unpaired) electrons. The number of carbonyl (C=O) groups is 1. The van der Waals surface area contributed by atoms with Gasteiger partial charge in [-0.2, -0.15) is 13.2 Å². The van der Waals surface area contributed by atoms with Crippen molar-refractivity contribution in [1.29, 1.82) is 0 Å². The Hall–Kier alpha value is -3.03. The predicted molar refractivity (Wildman–Crippen MR) is 103 cm³/mol. The Morgan fingerprint density at radius 3 is 2.55 bits per heavy atom.